The van der Waals surface area contributed by atoms with E-state index in [2.05, 4.69) is 16.5 Å². The zero-order valence-electron chi connectivity index (χ0n) is 12.2. The third-order valence-corrected chi connectivity index (χ3v) is 4.04. The first kappa shape index (κ1) is 16.2. The molecule has 1 aliphatic heterocycles. The number of hydrogen-bond acceptors (Lipinski definition) is 5. The summed E-state index contributed by atoms with van der Waals surface area (Å²) in [5.41, 5.74) is 1.85. The van der Waals surface area contributed by atoms with Crippen molar-refractivity contribution >= 4 is 17.0 Å². The monoisotopic (exact) mass is 314 g/mol. The topological polar surface area (TPSA) is 82.8 Å². The normalized spacial score (nSPS) is 18.7. The van der Waals surface area contributed by atoms with Crippen LogP contribution in [0.2, 0.25) is 0 Å². The van der Waals surface area contributed by atoms with Crippen LogP contribution in [0.25, 0.3) is 0 Å². The Morgan fingerprint density at radius 1 is 1.52 bits per heavy atom. The zero-order chi connectivity index (χ0) is 15.1. The van der Waals surface area contributed by atoms with E-state index in [1.54, 1.807) is 0 Å². The SMILES string of the molecule is CCCCOS(=O)Nc1ccc2c(c1)CCC(CON)O2. The molecule has 0 saturated carbocycles. The van der Waals surface area contributed by atoms with Crippen LogP contribution >= 0.6 is 0 Å². The van der Waals surface area contributed by atoms with Gasteiger partial charge in [-0.3, -0.25) is 8.91 Å². The molecule has 2 rings (SSSR count). The van der Waals surface area contributed by atoms with Crippen LogP contribution in [-0.2, 0) is 26.7 Å². The summed E-state index contributed by atoms with van der Waals surface area (Å²) in [7, 11) is 0. The molecule has 0 amide bonds. The summed E-state index contributed by atoms with van der Waals surface area (Å²) < 4.78 is 25.5. The average Bonchev–Trinajstić information content (AvgIpc) is 2.48. The lowest BCUT2D eigenvalue weighted by Gasteiger charge is -2.25. The first-order chi connectivity index (χ1) is 10.2. The van der Waals surface area contributed by atoms with Crippen LogP contribution in [0.4, 0.5) is 5.69 Å². The largest absolute Gasteiger partial charge is 0.488 e. The Bertz CT molecular complexity index is 484. The maximum atomic E-state index is 11.7. The Labute approximate surface area is 127 Å². The van der Waals surface area contributed by atoms with Gasteiger partial charge in [-0.05, 0) is 43.0 Å². The lowest BCUT2D eigenvalue weighted by molar-refractivity contribution is 0.0398. The molecule has 0 spiro atoms. The van der Waals surface area contributed by atoms with E-state index in [0.717, 1.165) is 42.7 Å². The molecule has 7 heteroatoms. The molecular formula is C14H22N2O4S. The summed E-state index contributed by atoms with van der Waals surface area (Å²) in [4.78, 5) is 4.63. The predicted octanol–water partition coefficient (Wildman–Crippen LogP) is 2.08. The van der Waals surface area contributed by atoms with E-state index in [9.17, 15) is 4.21 Å². The van der Waals surface area contributed by atoms with Gasteiger partial charge in [0.15, 0.2) is 0 Å². The molecule has 2 unspecified atom stereocenters. The molecule has 0 radical (unpaired) electrons. The summed E-state index contributed by atoms with van der Waals surface area (Å²) in [5, 5.41) is 0. The minimum atomic E-state index is -1.51. The van der Waals surface area contributed by atoms with Gasteiger partial charge in [0.2, 0.25) is 0 Å². The highest BCUT2D eigenvalue weighted by Gasteiger charge is 2.20. The van der Waals surface area contributed by atoms with Gasteiger partial charge >= 0.3 is 0 Å². The molecule has 0 fully saturated rings. The fraction of sp³-hybridized carbons (Fsp3) is 0.571. The molecule has 1 aliphatic rings. The fourth-order valence-electron chi connectivity index (χ4n) is 2.14. The Morgan fingerprint density at radius 2 is 2.38 bits per heavy atom. The second-order valence-corrected chi connectivity index (χ2v) is 5.86. The van der Waals surface area contributed by atoms with Gasteiger partial charge in [-0.15, -0.1) is 0 Å². The highest BCUT2D eigenvalue weighted by atomic mass is 32.2. The van der Waals surface area contributed by atoms with Crippen molar-refractivity contribution in [1.29, 1.82) is 0 Å². The lowest BCUT2D eigenvalue weighted by Crippen LogP contribution is -2.29. The van der Waals surface area contributed by atoms with E-state index in [0.29, 0.717) is 13.2 Å². The first-order valence-electron chi connectivity index (χ1n) is 7.16. The van der Waals surface area contributed by atoms with Gasteiger partial charge in [0, 0.05) is 5.69 Å². The number of aryl methyl sites for hydroxylation is 1. The molecule has 21 heavy (non-hydrogen) atoms. The van der Waals surface area contributed by atoms with E-state index in [1.807, 2.05) is 18.2 Å². The van der Waals surface area contributed by atoms with Crippen molar-refractivity contribution in [2.75, 3.05) is 17.9 Å². The van der Waals surface area contributed by atoms with Crippen LogP contribution in [0, 0.1) is 0 Å². The number of anilines is 1. The third-order valence-electron chi connectivity index (χ3n) is 3.26. The Hall–Kier alpha value is -1.15. The van der Waals surface area contributed by atoms with Crippen molar-refractivity contribution in [2.24, 2.45) is 5.90 Å². The number of benzene rings is 1. The van der Waals surface area contributed by atoms with Crippen molar-refractivity contribution in [2.45, 2.75) is 38.7 Å². The summed E-state index contributed by atoms with van der Waals surface area (Å²) in [6.45, 7) is 2.94. The van der Waals surface area contributed by atoms with Gasteiger partial charge in [0.05, 0.1) is 6.61 Å². The molecule has 0 aromatic heterocycles. The summed E-state index contributed by atoms with van der Waals surface area (Å²) >= 11 is -1.51. The van der Waals surface area contributed by atoms with Crippen molar-refractivity contribution in [3.05, 3.63) is 23.8 Å². The molecule has 0 saturated heterocycles. The Kier molecular flexibility index (Phi) is 6.44. The van der Waals surface area contributed by atoms with Gasteiger partial charge in [0.25, 0.3) is 11.3 Å². The van der Waals surface area contributed by atoms with Crippen LogP contribution in [-0.4, -0.2) is 23.5 Å². The second kappa shape index (κ2) is 8.33. The number of nitrogens with one attached hydrogen (secondary N) is 1. The minimum absolute atomic E-state index is 0.00665. The average molecular weight is 314 g/mol. The summed E-state index contributed by atoms with van der Waals surface area (Å²) in [5.74, 6) is 5.90. The van der Waals surface area contributed by atoms with Crippen molar-refractivity contribution in [3.63, 3.8) is 0 Å². The molecule has 0 bridgehead atoms. The molecule has 2 atom stereocenters. The highest BCUT2D eigenvalue weighted by Crippen LogP contribution is 2.30. The van der Waals surface area contributed by atoms with Gasteiger partial charge < -0.3 is 9.57 Å². The van der Waals surface area contributed by atoms with E-state index in [4.69, 9.17) is 14.8 Å². The molecule has 1 aromatic rings. The first-order valence-corrected chi connectivity index (χ1v) is 8.23. The lowest BCUT2D eigenvalue weighted by atomic mass is 10.0. The molecular weight excluding hydrogens is 292 g/mol. The fourth-order valence-corrected chi connectivity index (χ4v) is 2.79. The number of rotatable bonds is 8. The molecule has 1 heterocycles. The van der Waals surface area contributed by atoms with Crippen molar-refractivity contribution in [3.8, 4) is 5.75 Å². The van der Waals surface area contributed by atoms with Crippen molar-refractivity contribution < 1.29 is 18.0 Å². The number of ether oxygens (including phenoxy) is 1. The van der Waals surface area contributed by atoms with E-state index in [1.165, 1.54) is 0 Å². The van der Waals surface area contributed by atoms with Crippen LogP contribution < -0.4 is 15.4 Å². The van der Waals surface area contributed by atoms with Crippen LogP contribution in [0.15, 0.2) is 18.2 Å². The van der Waals surface area contributed by atoms with Crippen LogP contribution in [0.3, 0.4) is 0 Å². The Morgan fingerprint density at radius 3 is 3.14 bits per heavy atom. The van der Waals surface area contributed by atoms with Gasteiger partial charge in [-0.25, -0.2) is 10.1 Å². The smallest absolute Gasteiger partial charge is 0.261 e. The molecule has 118 valence electrons. The predicted molar refractivity (Wildman–Crippen MR) is 81.9 cm³/mol. The minimum Gasteiger partial charge on any atom is -0.488 e. The highest BCUT2D eigenvalue weighted by molar-refractivity contribution is 7.81. The van der Waals surface area contributed by atoms with Gasteiger partial charge in [-0.2, -0.15) is 0 Å². The summed E-state index contributed by atoms with van der Waals surface area (Å²) in [6.07, 6.45) is 3.64. The molecule has 1 aromatic carbocycles. The van der Waals surface area contributed by atoms with Crippen molar-refractivity contribution in [1.82, 2.24) is 0 Å². The number of nitrogens with two attached hydrogens (primary N) is 1. The maximum absolute atomic E-state index is 11.7. The van der Waals surface area contributed by atoms with Gasteiger partial charge in [0.1, 0.15) is 18.5 Å². The zero-order valence-corrected chi connectivity index (χ0v) is 13.0. The summed E-state index contributed by atoms with van der Waals surface area (Å²) in [6, 6.07) is 5.63. The Balaban J connectivity index is 1.91. The van der Waals surface area contributed by atoms with Crippen LogP contribution in [0.1, 0.15) is 31.7 Å². The standard InChI is InChI=1S/C14H22N2O4S/c1-2-3-8-19-21(17)16-12-5-7-14-11(9-12)4-6-13(20-14)10-18-15/h5,7,9,13,16H,2-4,6,8,10,15H2,1H3. The van der Waals surface area contributed by atoms with E-state index < -0.39 is 11.3 Å². The molecule has 3 N–H and O–H groups in total. The number of hydrogen-bond donors (Lipinski definition) is 2. The van der Waals surface area contributed by atoms with Gasteiger partial charge in [-0.1, -0.05) is 13.3 Å². The quantitative estimate of drug-likeness (QED) is 0.567. The molecule has 6 nitrogen and oxygen atoms in total. The van der Waals surface area contributed by atoms with Crippen LogP contribution in [0.5, 0.6) is 5.75 Å². The number of unbranched alkanes of at least 4 members (excludes halogenated alkanes) is 1. The van der Waals surface area contributed by atoms with E-state index >= 15 is 0 Å². The van der Waals surface area contributed by atoms with E-state index in [-0.39, 0.29) is 6.10 Å². The third kappa shape index (κ3) is 4.96. The molecule has 0 aliphatic carbocycles. The second-order valence-electron chi connectivity index (χ2n) is 4.95. The number of fused-ring (bicyclic) bond motifs is 1. The maximum Gasteiger partial charge on any atom is 0.261 e.